The van der Waals surface area contributed by atoms with Crippen molar-refractivity contribution in [1.82, 2.24) is 10.3 Å². The summed E-state index contributed by atoms with van der Waals surface area (Å²) in [6, 6.07) is 6.58. The van der Waals surface area contributed by atoms with E-state index in [4.69, 9.17) is 0 Å². The molecule has 0 atom stereocenters. The van der Waals surface area contributed by atoms with Gasteiger partial charge >= 0.3 is 0 Å². The fourth-order valence-electron chi connectivity index (χ4n) is 1.73. The lowest BCUT2D eigenvalue weighted by Crippen LogP contribution is -2.15. The zero-order valence-corrected chi connectivity index (χ0v) is 12.0. The molecule has 0 bridgehead atoms. The van der Waals surface area contributed by atoms with Gasteiger partial charge in [-0.25, -0.2) is 9.37 Å². The van der Waals surface area contributed by atoms with Crippen LogP contribution in [-0.2, 0) is 13.1 Å². The monoisotopic (exact) mass is 279 g/mol. The third kappa shape index (κ3) is 4.01. The van der Waals surface area contributed by atoms with Gasteiger partial charge in [0.05, 0.1) is 0 Å². The van der Waals surface area contributed by atoms with Crippen LogP contribution in [0, 0.1) is 5.82 Å². The molecule has 0 aliphatic rings. The van der Waals surface area contributed by atoms with E-state index in [9.17, 15) is 4.39 Å². The van der Waals surface area contributed by atoms with Gasteiger partial charge in [-0.2, -0.15) is 0 Å². The molecule has 3 nitrogen and oxygen atoms in total. The van der Waals surface area contributed by atoms with Gasteiger partial charge in [0.2, 0.25) is 0 Å². The van der Waals surface area contributed by atoms with Gasteiger partial charge in [-0.05, 0) is 24.2 Å². The van der Waals surface area contributed by atoms with Crippen LogP contribution < -0.4 is 10.2 Å². The van der Waals surface area contributed by atoms with Crippen molar-refractivity contribution in [3.05, 3.63) is 46.7 Å². The van der Waals surface area contributed by atoms with Gasteiger partial charge in [-0.15, -0.1) is 11.3 Å². The Hall–Kier alpha value is -1.46. The van der Waals surface area contributed by atoms with Crippen LogP contribution in [0.15, 0.2) is 30.5 Å². The summed E-state index contributed by atoms with van der Waals surface area (Å²) in [5.41, 5.74) is 1.08. The topological polar surface area (TPSA) is 28.2 Å². The molecule has 0 radical (unpaired) electrons. The highest BCUT2D eigenvalue weighted by molar-refractivity contribution is 7.15. The normalized spacial score (nSPS) is 10.7. The molecular formula is C14H18FN3S. The van der Waals surface area contributed by atoms with Crippen molar-refractivity contribution in [1.29, 1.82) is 0 Å². The van der Waals surface area contributed by atoms with Gasteiger partial charge in [0.15, 0.2) is 5.13 Å². The Balaban J connectivity index is 1.97. The van der Waals surface area contributed by atoms with Crippen LogP contribution in [-0.4, -0.2) is 18.6 Å². The maximum Gasteiger partial charge on any atom is 0.185 e. The average molecular weight is 279 g/mol. The van der Waals surface area contributed by atoms with Gasteiger partial charge in [-0.1, -0.05) is 19.1 Å². The second-order valence-corrected chi connectivity index (χ2v) is 5.47. The van der Waals surface area contributed by atoms with E-state index >= 15 is 0 Å². The molecule has 0 fully saturated rings. The number of thiazole rings is 1. The van der Waals surface area contributed by atoms with Crippen LogP contribution in [0.25, 0.3) is 0 Å². The number of benzene rings is 1. The Labute approximate surface area is 117 Å². The Morgan fingerprint density at radius 1 is 1.32 bits per heavy atom. The van der Waals surface area contributed by atoms with Gasteiger partial charge in [0, 0.05) is 31.2 Å². The SMILES string of the molecule is CCNCc1cnc(N(C)Cc2ccc(F)cc2)s1. The first-order chi connectivity index (χ1) is 9.19. The van der Waals surface area contributed by atoms with Crippen molar-refractivity contribution in [2.24, 2.45) is 0 Å². The smallest absolute Gasteiger partial charge is 0.185 e. The number of nitrogens with zero attached hydrogens (tertiary/aromatic N) is 2. The molecule has 5 heteroatoms. The summed E-state index contributed by atoms with van der Waals surface area (Å²) in [6.45, 7) is 4.63. The van der Waals surface area contributed by atoms with E-state index in [1.165, 1.54) is 17.0 Å². The molecule has 102 valence electrons. The number of anilines is 1. The first-order valence-electron chi connectivity index (χ1n) is 6.30. The Morgan fingerprint density at radius 2 is 2.05 bits per heavy atom. The second-order valence-electron chi connectivity index (χ2n) is 4.37. The Morgan fingerprint density at radius 3 is 2.74 bits per heavy atom. The molecule has 0 aliphatic heterocycles. The minimum atomic E-state index is -0.200. The first kappa shape index (κ1) is 14.0. The van der Waals surface area contributed by atoms with Crippen molar-refractivity contribution in [3.8, 4) is 0 Å². The fourth-order valence-corrected chi connectivity index (χ4v) is 2.57. The lowest BCUT2D eigenvalue weighted by Gasteiger charge is -2.15. The summed E-state index contributed by atoms with van der Waals surface area (Å²) < 4.78 is 12.8. The van der Waals surface area contributed by atoms with Crippen LogP contribution in [0.2, 0.25) is 0 Å². The van der Waals surface area contributed by atoms with Crippen LogP contribution in [0.3, 0.4) is 0 Å². The molecule has 0 saturated heterocycles. The molecule has 1 N–H and O–H groups in total. The van der Waals surface area contributed by atoms with E-state index in [-0.39, 0.29) is 5.82 Å². The standard InChI is InChI=1S/C14H18FN3S/c1-3-16-8-13-9-17-14(19-13)18(2)10-11-4-6-12(15)7-5-11/h4-7,9,16H,3,8,10H2,1-2H3. The minimum absolute atomic E-state index is 0.200. The lowest BCUT2D eigenvalue weighted by molar-refractivity contribution is 0.627. The molecular weight excluding hydrogens is 261 g/mol. The molecule has 0 unspecified atom stereocenters. The predicted molar refractivity (Wildman–Crippen MR) is 78.0 cm³/mol. The zero-order chi connectivity index (χ0) is 13.7. The van der Waals surface area contributed by atoms with Gasteiger partial charge in [-0.3, -0.25) is 0 Å². The predicted octanol–water partition coefficient (Wildman–Crippen LogP) is 3.03. The Bertz CT molecular complexity index is 510. The van der Waals surface area contributed by atoms with E-state index < -0.39 is 0 Å². The third-order valence-corrected chi connectivity index (χ3v) is 3.86. The summed E-state index contributed by atoms with van der Waals surface area (Å²) >= 11 is 1.68. The summed E-state index contributed by atoms with van der Waals surface area (Å²) in [4.78, 5) is 7.71. The number of hydrogen-bond donors (Lipinski definition) is 1. The largest absolute Gasteiger partial charge is 0.347 e. The second kappa shape index (κ2) is 6.63. The zero-order valence-electron chi connectivity index (χ0n) is 11.2. The highest BCUT2D eigenvalue weighted by Gasteiger charge is 2.07. The minimum Gasteiger partial charge on any atom is -0.347 e. The van der Waals surface area contributed by atoms with Gasteiger partial charge in [0.25, 0.3) is 0 Å². The Kier molecular flexibility index (Phi) is 4.87. The molecule has 0 amide bonds. The van der Waals surface area contributed by atoms with Crippen LogP contribution in [0.4, 0.5) is 9.52 Å². The van der Waals surface area contributed by atoms with E-state index in [1.54, 1.807) is 23.5 Å². The molecule has 1 aromatic heterocycles. The van der Waals surface area contributed by atoms with E-state index in [0.717, 1.165) is 30.3 Å². The molecule has 2 rings (SSSR count). The van der Waals surface area contributed by atoms with Crippen molar-refractivity contribution in [3.63, 3.8) is 0 Å². The number of aromatic nitrogens is 1. The average Bonchev–Trinajstić information content (AvgIpc) is 2.88. The molecule has 0 aliphatic carbocycles. The van der Waals surface area contributed by atoms with Crippen LogP contribution in [0.1, 0.15) is 17.4 Å². The molecule has 19 heavy (non-hydrogen) atoms. The number of hydrogen-bond acceptors (Lipinski definition) is 4. The van der Waals surface area contributed by atoms with Crippen LogP contribution >= 0.6 is 11.3 Å². The highest BCUT2D eigenvalue weighted by atomic mass is 32.1. The van der Waals surface area contributed by atoms with Crippen molar-refractivity contribution >= 4 is 16.5 Å². The summed E-state index contributed by atoms with van der Waals surface area (Å²) in [6.07, 6.45) is 1.91. The van der Waals surface area contributed by atoms with Crippen molar-refractivity contribution in [2.75, 3.05) is 18.5 Å². The van der Waals surface area contributed by atoms with Crippen molar-refractivity contribution in [2.45, 2.75) is 20.0 Å². The van der Waals surface area contributed by atoms with E-state index in [1.807, 2.05) is 13.2 Å². The number of rotatable bonds is 6. The number of nitrogens with one attached hydrogen (secondary N) is 1. The molecule has 0 saturated carbocycles. The molecule has 1 aromatic carbocycles. The summed E-state index contributed by atoms with van der Waals surface area (Å²) in [5, 5.41) is 4.27. The van der Waals surface area contributed by atoms with E-state index in [0.29, 0.717) is 0 Å². The quantitative estimate of drug-likeness (QED) is 0.881. The molecule has 2 aromatic rings. The summed E-state index contributed by atoms with van der Waals surface area (Å²) in [7, 11) is 2.00. The molecule has 1 heterocycles. The van der Waals surface area contributed by atoms with Gasteiger partial charge in [0.1, 0.15) is 5.82 Å². The van der Waals surface area contributed by atoms with E-state index in [2.05, 4.69) is 22.1 Å². The lowest BCUT2D eigenvalue weighted by atomic mass is 10.2. The molecule has 0 spiro atoms. The van der Waals surface area contributed by atoms with Gasteiger partial charge < -0.3 is 10.2 Å². The maximum absolute atomic E-state index is 12.8. The number of halogens is 1. The highest BCUT2D eigenvalue weighted by Crippen LogP contribution is 2.22. The fraction of sp³-hybridized carbons (Fsp3) is 0.357. The summed E-state index contributed by atoms with van der Waals surface area (Å²) in [5.74, 6) is -0.200. The maximum atomic E-state index is 12.8. The van der Waals surface area contributed by atoms with Crippen LogP contribution in [0.5, 0.6) is 0 Å². The van der Waals surface area contributed by atoms with Crippen molar-refractivity contribution < 1.29 is 4.39 Å². The third-order valence-electron chi connectivity index (χ3n) is 2.75. The first-order valence-corrected chi connectivity index (χ1v) is 7.11.